The SMILES string of the molecule is Cc1cccc(N2CCN(C(=O)CCC3(C)NC(=O)CC3=O)CC2)c1C. The molecule has 1 atom stereocenters. The van der Waals surface area contributed by atoms with Crippen LogP contribution in [0.2, 0.25) is 0 Å². The maximum atomic E-state index is 12.5. The maximum absolute atomic E-state index is 12.5. The van der Waals surface area contributed by atoms with Gasteiger partial charge < -0.3 is 15.1 Å². The highest BCUT2D eigenvalue weighted by atomic mass is 16.2. The number of benzene rings is 1. The third-order valence-corrected chi connectivity index (χ3v) is 5.74. The number of carbonyl (C=O) groups is 3. The normalized spacial score (nSPS) is 23.3. The maximum Gasteiger partial charge on any atom is 0.228 e. The first-order valence-corrected chi connectivity index (χ1v) is 9.23. The van der Waals surface area contributed by atoms with Crippen LogP contribution in [-0.4, -0.2) is 54.2 Å². The van der Waals surface area contributed by atoms with Crippen molar-refractivity contribution in [3.63, 3.8) is 0 Å². The Bertz CT molecular complexity index is 738. The summed E-state index contributed by atoms with van der Waals surface area (Å²) >= 11 is 0. The molecule has 2 aliphatic rings. The minimum atomic E-state index is -0.882. The van der Waals surface area contributed by atoms with E-state index in [1.54, 1.807) is 6.92 Å². The number of anilines is 1. The fraction of sp³-hybridized carbons (Fsp3) is 0.550. The van der Waals surface area contributed by atoms with Gasteiger partial charge in [0.25, 0.3) is 0 Å². The second kappa shape index (κ2) is 7.09. The number of nitrogens with zero attached hydrogens (tertiary/aromatic N) is 2. The largest absolute Gasteiger partial charge is 0.368 e. The molecule has 0 bridgehead atoms. The summed E-state index contributed by atoms with van der Waals surface area (Å²) in [5.41, 5.74) is 2.92. The molecule has 2 amide bonds. The number of hydrogen-bond donors (Lipinski definition) is 1. The monoisotopic (exact) mass is 357 g/mol. The lowest BCUT2D eigenvalue weighted by molar-refractivity contribution is -0.132. The number of aryl methyl sites for hydroxylation is 1. The molecule has 1 aromatic rings. The topological polar surface area (TPSA) is 69.7 Å². The second-order valence-corrected chi connectivity index (χ2v) is 7.57. The van der Waals surface area contributed by atoms with Crippen LogP contribution in [0.25, 0.3) is 0 Å². The van der Waals surface area contributed by atoms with Crippen LogP contribution in [0.4, 0.5) is 5.69 Å². The van der Waals surface area contributed by atoms with Crippen LogP contribution in [-0.2, 0) is 14.4 Å². The lowest BCUT2D eigenvalue weighted by Gasteiger charge is -2.37. The minimum Gasteiger partial charge on any atom is -0.368 e. The van der Waals surface area contributed by atoms with E-state index in [1.165, 1.54) is 16.8 Å². The third-order valence-electron chi connectivity index (χ3n) is 5.74. The zero-order valence-corrected chi connectivity index (χ0v) is 15.8. The van der Waals surface area contributed by atoms with Crippen molar-refractivity contribution in [2.45, 2.75) is 45.6 Å². The molecule has 0 aliphatic carbocycles. The number of carbonyl (C=O) groups excluding carboxylic acids is 3. The Hall–Kier alpha value is -2.37. The van der Waals surface area contributed by atoms with Gasteiger partial charge in [-0.2, -0.15) is 0 Å². The van der Waals surface area contributed by atoms with Crippen molar-refractivity contribution in [3.8, 4) is 0 Å². The van der Waals surface area contributed by atoms with E-state index >= 15 is 0 Å². The van der Waals surface area contributed by atoms with Gasteiger partial charge in [-0.3, -0.25) is 14.4 Å². The van der Waals surface area contributed by atoms with Gasteiger partial charge in [0.05, 0.1) is 12.0 Å². The van der Waals surface area contributed by atoms with Crippen LogP contribution in [0.1, 0.15) is 37.3 Å². The van der Waals surface area contributed by atoms with Crippen molar-refractivity contribution in [1.29, 1.82) is 0 Å². The van der Waals surface area contributed by atoms with Crippen molar-refractivity contribution in [3.05, 3.63) is 29.3 Å². The smallest absolute Gasteiger partial charge is 0.228 e. The van der Waals surface area contributed by atoms with E-state index in [9.17, 15) is 14.4 Å². The van der Waals surface area contributed by atoms with Gasteiger partial charge in [-0.25, -0.2) is 0 Å². The molecule has 2 aliphatic heterocycles. The molecule has 1 aromatic carbocycles. The van der Waals surface area contributed by atoms with Crippen LogP contribution < -0.4 is 10.2 Å². The summed E-state index contributed by atoms with van der Waals surface area (Å²) in [5, 5.41) is 2.71. The van der Waals surface area contributed by atoms with Gasteiger partial charge in [0.15, 0.2) is 5.78 Å². The van der Waals surface area contributed by atoms with Crippen LogP contribution in [0.3, 0.4) is 0 Å². The molecular formula is C20H27N3O3. The Morgan fingerprint density at radius 1 is 1.15 bits per heavy atom. The zero-order valence-electron chi connectivity index (χ0n) is 15.8. The fourth-order valence-corrected chi connectivity index (χ4v) is 3.75. The van der Waals surface area contributed by atoms with E-state index in [0.717, 1.165) is 13.1 Å². The first kappa shape index (κ1) is 18.4. The molecule has 6 heteroatoms. The van der Waals surface area contributed by atoms with E-state index in [1.807, 2.05) is 4.90 Å². The molecule has 1 unspecified atom stereocenters. The van der Waals surface area contributed by atoms with E-state index in [-0.39, 0.29) is 30.4 Å². The first-order valence-electron chi connectivity index (χ1n) is 9.23. The lowest BCUT2D eigenvalue weighted by atomic mass is 9.92. The number of amides is 2. The van der Waals surface area contributed by atoms with Crippen molar-refractivity contribution < 1.29 is 14.4 Å². The molecule has 0 spiro atoms. The highest BCUT2D eigenvalue weighted by Crippen LogP contribution is 2.25. The average molecular weight is 357 g/mol. The Morgan fingerprint density at radius 2 is 1.85 bits per heavy atom. The van der Waals surface area contributed by atoms with Crippen molar-refractivity contribution in [2.75, 3.05) is 31.1 Å². The summed E-state index contributed by atoms with van der Waals surface area (Å²) < 4.78 is 0. The highest BCUT2D eigenvalue weighted by molar-refractivity contribution is 6.10. The van der Waals surface area contributed by atoms with Gasteiger partial charge >= 0.3 is 0 Å². The first-order chi connectivity index (χ1) is 12.3. The van der Waals surface area contributed by atoms with Gasteiger partial charge in [-0.05, 0) is 44.4 Å². The molecule has 2 fully saturated rings. The predicted molar refractivity (Wildman–Crippen MR) is 100 cm³/mol. The molecule has 0 radical (unpaired) electrons. The third kappa shape index (κ3) is 3.59. The summed E-state index contributed by atoms with van der Waals surface area (Å²) in [6, 6.07) is 6.32. The Kier molecular flexibility index (Phi) is 5.03. The van der Waals surface area contributed by atoms with Crippen molar-refractivity contribution in [1.82, 2.24) is 10.2 Å². The predicted octanol–water partition coefficient (Wildman–Crippen LogP) is 1.58. The van der Waals surface area contributed by atoms with Gasteiger partial charge in [0.1, 0.15) is 0 Å². The van der Waals surface area contributed by atoms with Crippen molar-refractivity contribution in [2.24, 2.45) is 0 Å². The van der Waals surface area contributed by atoms with Crippen LogP contribution in [0, 0.1) is 13.8 Å². The highest BCUT2D eigenvalue weighted by Gasteiger charge is 2.41. The molecular weight excluding hydrogens is 330 g/mol. The van der Waals surface area contributed by atoms with Crippen LogP contribution >= 0.6 is 0 Å². The number of ketones is 1. The number of piperazine rings is 1. The van der Waals surface area contributed by atoms with Crippen molar-refractivity contribution >= 4 is 23.3 Å². The molecule has 0 aromatic heterocycles. The van der Waals surface area contributed by atoms with E-state index in [4.69, 9.17) is 0 Å². The molecule has 0 saturated carbocycles. The van der Waals surface area contributed by atoms with E-state index in [0.29, 0.717) is 19.5 Å². The Labute approximate surface area is 154 Å². The minimum absolute atomic E-state index is 0.0563. The number of nitrogens with one attached hydrogen (secondary N) is 1. The van der Waals surface area contributed by atoms with Gasteiger partial charge in [-0.15, -0.1) is 0 Å². The quantitative estimate of drug-likeness (QED) is 0.831. The molecule has 2 heterocycles. The van der Waals surface area contributed by atoms with Crippen LogP contribution in [0.5, 0.6) is 0 Å². The fourth-order valence-electron chi connectivity index (χ4n) is 3.75. The van der Waals surface area contributed by atoms with Gasteiger partial charge in [-0.1, -0.05) is 12.1 Å². The molecule has 26 heavy (non-hydrogen) atoms. The summed E-state index contributed by atoms with van der Waals surface area (Å²) in [5.74, 6) is -0.303. The summed E-state index contributed by atoms with van der Waals surface area (Å²) in [7, 11) is 0. The Balaban J connectivity index is 1.53. The molecule has 3 rings (SSSR count). The summed E-state index contributed by atoms with van der Waals surface area (Å²) in [6.45, 7) is 8.95. The number of rotatable bonds is 4. The van der Waals surface area contributed by atoms with Gasteiger partial charge in [0, 0.05) is 38.3 Å². The van der Waals surface area contributed by atoms with E-state index in [2.05, 4.69) is 42.3 Å². The summed E-state index contributed by atoms with van der Waals surface area (Å²) in [6.07, 6.45) is 0.582. The molecule has 6 nitrogen and oxygen atoms in total. The Morgan fingerprint density at radius 3 is 2.46 bits per heavy atom. The standard InChI is InChI=1S/C20H27N3O3/c1-14-5-4-6-16(15(14)2)22-9-11-23(12-10-22)19(26)7-8-20(3)17(24)13-18(25)21-20/h4-6H,7-13H2,1-3H3,(H,21,25). The molecule has 2 saturated heterocycles. The number of hydrogen-bond acceptors (Lipinski definition) is 4. The average Bonchev–Trinajstić information content (AvgIpc) is 2.88. The number of Topliss-reactive ketones (excluding diaryl/α,β-unsaturated/α-hetero) is 1. The summed E-state index contributed by atoms with van der Waals surface area (Å²) in [4.78, 5) is 40.1. The molecule has 140 valence electrons. The van der Waals surface area contributed by atoms with Gasteiger partial charge in [0.2, 0.25) is 11.8 Å². The van der Waals surface area contributed by atoms with Crippen LogP contribution in [0.15, 0.2) is 18.2 Å². The second-order valence-electron chi connectivity index (χ2n) is 7.57. The lowest BCUT2D eigenvalue weighted by Crippen LogP contribution is -2.50. The molecule has 1 N–H and O–H groups in total. The zero-order chi connectivity index (χ0) is 18.9. The van der Waals surface area contributed by atoms with E-state index < -0.39 is 5.54 Å².